The van der Waals surface area contributed by atoms with E-state index < -0.39 is 10.0 Å². The third kappa shape index (κ3) is 4.43. The van der Waals surface area contributed by atoms with Crippen molar-refractivity contribution in [2.75, 3.05) is 7.05 Å². The van der Waals surface area contributed by atoms with Gasteiger partial charge >= 0.3 is 0 Å². The third-order valence-electron chi connectivity index (χ3n) is 3.85. The molecule has 0 saturated carbocycles. The van der Waals surface area contributed by atoms with Crippen molar-refractivity contribution >= 4 is 38.5 Å². The van der Waals surface area contributed by atoms with Crippen molar-refractivity contribution in [1.29, 1.82) is 0 Å². The second-order valence-electron chi connectivity index (χ2n) is 5.76. The lowest BCUT2D eigenvalue weighted by molar-refractivity contribution is 0.0925. The lowest BCUT2D eigenvalue weighted by Gasteiger charge is -2.06. The van der Waals surface area contributed by atoms with E-state index in [0.29, 0.717) is 22.7 Å². The average Bonchev–Trinajstić information content (AvgIpc) is 3.04. The van der Waals surface area contributed by atoms with E-state index in [4.69, 9.17) is 16.0 Å². The topological polar surface area (TPSA) is 88.4 Å². The Balaban J connectivity index is 1.63. The molecule has 0 aliphatic carbocycles. The van der Waals surface area contributed by atoms with Gasteiger partial charge in [0.15, 0.2) is 5.76 Å². The molecule has 3 aromatic rings. The molecule has 2 aromatic carbocycles. The lowest BCUT2D eigenvalue weighted by atomic mass is 10.1. The van der Waals surface area contributed by atoms with Crippen molar-refractivity contribution in [2.45, 2.75) is 12.3 Å². The molecule has 0 radical (unpaired) electrons. The SMILES string of the molecule is CNS(=O)(=O)Cc1ccc(CNC(=O)c2cc3cc(Cl)ccc3o2)cc1. The minimum Gasteiger partial charge on any atom is -0.451 e. The van der Waals surface area contributed by atoms with Gasteiger partial charge in [0.05, 0.1) is 5.75 Å². The summed E-state index contributed by atoms with van der Waals surface area (Å²) in [5.74, 6) is -0.212. The van der Waals surface area contributed by atoms with Crippen LogP contribution in [0.1, 0.15) is 21.7 Å². The van der Waals surface area contributed by atoms with Crippen LogP contribution in [0.4, 0.5) is 0 Å². The van der Waals surface area contributed by atoms with E-state index in [-0.39, 0.29) is 17.4 Å². The summed E-state index contributed by atoms with van der Waals surface area (Å²) in [7, 11) is -1.92. The highest BCUT2D eigenvalue weighted by Gasteiger charge is 2.13. The highest BCUT2D eigenvalue weighted by Crippen LogP contribution is 2.23. The molecule has 8 heteroatoms. The van der Waals surface area contributed by atoms with Gasteiger partial charge < -0.3 is 9.73 Å². The molecule has 0 fully saturated rings. The summed E-state index contributed by atoms with van der Waals surface area (Å²) in [5.41, 5.74) is 2.11. The van der Waals surface area contributed by atoms with E-state index in [2.05, 4.69) is 10.0 Å². The highest BCUT2D eigenvalue weighted by molar-refractivity contribution is 7.88. The Morgan fingerprint density at radius 2 is 1.77 bits per heavy atom. The lowest BCUT2D eigenvalue weighted by Crippen LogP contribution is -2.22. The second-order valence-corrected chi connectivity index (χ2v) is 8.12. The molecule has 0 unspecified atom stereocenters. The number of sulfonamides is 1. The van der Waals surface area contributed by atoms with Gasteiger partial charge in [0.2, 0.25) is 10.0 Å². The molecule has 26 heavy (non-hydrogen) atoms. The number of hydrogen-bond donors (Lipinski definition) is 2. The smallest absolute Gasteiger partial charge is 0.287 e. The number of amides is 1. The first-order valence-electron chi connectivity index (χ1n) is 7.82. The number of hydrogen-bond acceptors (Lipinski definition) is 4. The molecule has 0 bridgehead atoms. The zero-order chi connectivity index (χ0) is 18.7. The van der Waals surface area contributed by atoms with Gasteiger partial charge in [0.25, 0.3) is 5.91 Å². The van der Waals surface area contributed by atoms with Gasteiger partial charge in [-0.05, 0) is 42.4 Å². The van der Waals surface area contributed by atoms with Crippen LogP contribution < -0.4 is 10.0 Å². The quantitative estimate of drug-likeness (QED) is 0.674. The molecule has 0 saturated heterocycles. The number of rotatable bonds is 6. The first-order valence-corrected chi connectivity index (χ1v) is 9.86. The molecule has 2 N–H and O–H groups in total. The van der Waals surface area contributed by atoms with Crippen LogP contribution in [0.3, 0.4) is 0 Å². The summed E-state index contributed by atoms with van der Waals surface area (Å²) in [6, 6.07) is 13.8. The Morgan fingerprint density at radius 1 is 1.08 bits per heavy atom. The van der Waals surface area contributed by atoms with Crippen molar-refractivity contribution in [2.24, 2.45) is 0 Å². The number of carbonyl (C=O) groups excluding carboxylic acids is 1. The van der Waals surface area contributed by atoms with E-state index in [1.807, 2.05) is 0 Å². The molecule has 6 nitrogen and oxygen atoms in total. The summed E-state index contributed by atoms with van der Waals surface area (Å²) in [6.07, 6.45) is 0. The van der Waals surface area contributed by atoms with E-state index in [1.54, 1.807) is 48.5 Å². The Bertz CT molecular complexity index is 1040. The van der Waals surface area contributed by atoms with Gasteiger partial charge in [-0.3, -0.25) is 4.79 Å². The first-order chi connectivity index (χ1) is 12.4. The van der Waals surface area contributed by atoms with Crippen LogP contribution in [0, 0.1) is 0 Å². The summed E-state index contributed by atoms with van der Waals surface area (Å²) in [4.78, 5) is 12.2. The summed E-state index contributed by atoms with van der Waals surface area (Å²) >= 11 is 5.93. The fourth-order valence-electron chi connectivity index (χ4n) is 2.44. The molecule has 1 amide bonds. The zero-order valence-electron chi connectivity index (χ0n) is 14.0. The number of furan rings is 1. The van der Waals surface area contributed by atoms with Gasteiger partial charge in [-0.1, -0.05) is 35.9 Å². The van der Waals surface area contributed by atoms with Gasteiger partial charge in [-0.2, -0.15) is 0 Å². The second kappa shape index (κ2) is 7.49. The molecule has 3 rings (SSSR count). The molecule has 0 atom stereocenters. The molecule has 1 aromatic heterocycles. The Labute approximate surface area is 156 Å². The fourth-order valence-corrected chi connectivity index (χ4v) is 3.40. The number of carbonyl (C=O) groups is 1. The molecule has 0 aliphatic heterocycles. The standard InChI is InChI=1S/C18H17ClN2O4S/c1-20-26(23,24)11-13-4-2-12(3-5-13)10-21-18(22)17-9-14-8-15(19)6-7-16(14)25-17/h2-9,20H,10-11H2,1H3,(H,21,22). The van der Waals surface area contributed by atoms with Gasteiger partial charge in [-0.15, -0.1) is 0 Å². The first kappa shape index (κ1) is 18.4. The fraction of sp³-hybridized carbons (Fsp3) is 0.167. The number of benzene rings is 2. The Hall–Kier alpha value is -2.35. The van der Waals surface area contributed by atoms with Crippen LogP contribution in [0.5, 0.6) is 0 Å². The molecule has 136 valence electrons. The molecular weight excluding hydrogens is 376 g/mol. The number of fused-ring (bicyclic) bond motifs is 1. The van der Waals surface area contributed by atoms with E-state index in [9.17, 15) is 13.2 Å². The van der Waals surface area contributed by atoms with E-state index in [0.717, 1.165) is 10.9 Å². The molecule has 1 heterocycles. The average molecular weight is 393 g/mol. The van der Waals surface area contributed by atoms with Crippen LogP contribution in [-0.4, -0.2) is 21.4 Å². The summed E-state index contributed by atoms with van der Waals surface area (Å²) < 4.78 is 30.9. The maximum absolute atomic E-state index is 12.2. The summed E-state index contributed by atoms with van der Waals surface area (Å²) in [6.45, 7) is 0.301. The van der Waals surface area contributed by atoms with Crippen molar-refractivity contribution < 1.29 is 17.6 Å². The normalized spacial score (nSPS) is 11.6. The predicted molar refractivity (Wildman–Crippen MR) is 101 cm³/mol. The minimum atomic E-state index is -3.30. The van der Waals surface area contributed by atoms with E-state index in [1.165, 1.54) is 7.05 Å². The van der Waals surface area contributed by atoms with Crippen LogP contribution in [0.2, 0.25) is 5.02 Å². The maximum Gasteiger partial charge on any atom is 0.287 e. The van der Waals surface area contributed by atoms with Crippen LogP contribution >= 0.6 is 11.6 Å². The predicted octanol–water partition coefficient (Wildman–Crippen LogP) is 3.07. The summed E-state index contributed by atoms with van der Waals surface area (Å²) in [5, 5.41) is 4.11. The molecule has 0 aliphatic rings. The zero-order valence-corrected chi connectivity index (χ0v) is 15.5. The maximum atomic E-state index is 12.2. The van der Waals surface area contributed by atoms with Gasteiger partial charge in [-0.25, -0.2) is 13.1 Å². The van der Waals surface area contributed by atoms with Gasteiger partial charge in [0, 0.05) is 17.0 Å². The molecule has 0 spiro atoms. The number of nitrogens with one attached hydrogen (secondary N) is 2. The number of halogens is 1. The van der Waals surface area contributed by atoms with Crippen molar-refractivity contribution in [3.8, 4) is 0 Å². The van der Waals surface area contributed by atoms with Crippen LogP contribution in [0.25, 0.3) is 11.0 Å². The van der Waals surface area contributed by atoms with Crippen LogP contribution in [0.15, 0.2) is 52.9 Å². The Kier molecular flexibility index (Phi) is 5.31. The minimum absolute atomic E-state index is 0.0856. The highest BCUT2D eigenvalue weighted by atomic mass is 35.5. The van der Waals surface area contributed by atoms with Crippen molar-refractivity contribution in [3.05, 3.63) is 70.4 Å². The van der Waals surface area contributed by atoms with Crippen LogP contribution in [-0.2, 0) is 22.3 Å². The molecular formula is C18H17ClN2O4S. The third-order valence-corrected chi connectivity index (χ3v) is 5.42. The Morgan fingerprint density at radius 3 is 2.46 bits per heavy atom. The van der Waals surface area contributed by atoms with E-state index >= 15 is 0 Å². The van der Waals surface area contributed by atoms with Gasteiger partial charge in [0.1, 0.15) is 5.58 Å². The largest absolute Gasteiger partial charge is 0.451 e. The van der Waals surface area contributed by atoms with Crippen molar-refractivity contribution in [3.63, 3.8) is 0 Å². The van der Waals surface area contributed by atoms with Crippen molar-refractivity contribution in [1.82, 2.24) is 10.0 Å². The monoisotopic (exact) mass is 392 g/mol.